The summed E-state index contributed by atoms with van der Waals surface area (Å²) in [5, 5.41) is 0.946. The van der Waals surface area contributed by atoms with Gasteiger partial charge in [-0.2, -0.15) is 0 Å². The second-order valence-electron chi connectivity index (χ2n) is 9.20. The fourth-order valence-corrected chi connectivity index (χ4v) is 12.6. The van der Waals surface area contributed by atoms with E-state index in [1.165, 1.54) is 22.8 Å². The van der Waals surface area contributed by atoms with Crippen molar-refractivity contribution in [2.45, 2.75) is 26.2 Å². The fourth-order valence-electron chi connectivity index (χ4n) is 4.86. The third-order valence-electron chi connectivity index (χ3n) is 6.70. The monoisotopic (exact) mass is 590 g/mol. The van der Waals surface area contributed by atoms with Gasteiger partial charge in [-0.3, -0.25) is 0 Å². The number of esters is 2. The summed E-state index contributed by atoms with van der Waals surface area (Å²) in [6.07, 6.45) is 3.52. The van der Waals surface area contributed by atoms with Gasteiger partial charge in [-0.15, -0.1) is 0 Å². The van der Waals surface area contributed by atoms with E-state index in [0.29, 0.717) is 6.61 Å². The Morgan fingerprint density at radius 3 is 1.63 bits per heavy atom. The van der Waals surface area contributed by atoms with Crippen LogP contribution in [0.1, 0.15) is 36.5 Å². The average molecular weight is 591 g/mol. The van der Waals surface area contributed by atoms with Crippen molar-refractivity contribution in [2.24, 2.45) is 0 Å². The molecule has 4 nitrogen and oxygen atoms in total. The van der Waals surface area contributed by atoms with Gasteiger partial charge >= 0.3 is 233 Å². The Labute approximate surface area is 232 Å². The van der Waals surface area contributed by atoms with Crippen LogP contribution in [0.3, 0.4) is 0 Å². The first-order valence-electron chi connectivity index (χ1n) is 12.8. The van der Waals surface area contributed by atoms with Gasteiger partial charge in [0.15, 0.2) is 0 Å². The van der Waals surface area contributed by atoms with Crippen molar-refractivity contribution in [1.29, 1.82) is 0 Å². The summed E-state index contributed by atoms with van der Waals surface area (Å²) >= 11 is 4.47. The van der Waals surface area contributed by atoms with E-state index in [-0.39, 0.29) is 11.3 Å². The van der Waals surface area contributed by atoms with Gasteiger partial charge in [-0.1, -0.05) is 0 Å². The Morgan fingerprint density at radius 1 is 0.658 bits per heavy atom. The molecule has 4 rings (SSSR count). The summed E-state index contributed by atoms with van der Waals surface area (Å²) in [6.45, 7) is 1.61. The normalized spacial score (nSPS) is 12.2. The molecule has 0 unspecified atom stereocenters. The summed E-state index contributed by atoms with van der Waals surface area (Å²) in [6, 6.07) is 38.8. The average Bonchev–Trinajstić information content (AvgIpc) is 2.96. The zero-order valence-corrected chi connectivity index (χ0v) is 23.9. The molecule has 0 N–H and O–H groups in total. The van der Waals surface area contributed by atoms with Crippen LogP contribution in [0, 0.1) is 0 Å². The molecule has 0 aliphatic carbocycles. The minimum atomic E-state index is -2.94. The molecule has 0 radical (unpaired) electrons. The van der Waals surface area contributed by atoms with Crippen LogP contribution in [-0.4, -0.2) is 24.7 Å². The number of carbonyl (C=O) groups is 2. The van der Waals surface area contributed by atoms with E-state index in [0.717, 1.165) is 25.4 Å². The number of hydrogen-bond acceptors (Lipinski definition) is 4. The second-order valence-corrected chi connectivity index (χ2v) is 18.3. The molecule has 0 bridgehead atoms. The number of carbonyl (C=O) groups excluding carboxylic acids is 2. The molecule has 0 aliphatic rings. The minimum absolute atomic E-state index is 0.218. The van der Waals surface area contributed by atoms with Crippen LogP contribution in [0.4, 0.5) is 0 Å². The van der Waals surface area contributed by atoms with Gasteiger partial charge in [0.1, 0.15) is 0 Å². The van der Waals surface area contributed by atoms with Crippen molar-refractivity contribution in [3.05, 3.63) is 121 Å². The third kappa shape index (κ3) is 5.90. The number of benzene rings is 4. The standard InChI is InChI=1S/C32H32BrO4P/c1-26(34)37-31-23-13-12-22-30(31)32(35)36-24-14-5-15-25-38(33,27-16-6-2-7-17-27,28-18-8-3-9-19-28)29-20-10-4-11-21-29/h2-4,6-13,16-23H,5,14-15,24-25H2,1H3. The quantitative estimate of drug-likeness (QED) is 0.0836. The van der Waals surface area contributed by atoms with E-state index in [4.69, 9.17) is 9.47 Å². The van der Waals surface area contributed by atoms with Gasteiger partial charge in [0.25, 0.3) is 0 Å². The summed E-state index contributed by atoms with van der Waals surface area (Å²) in [7, 11) is 0. The van der Waals surface area contributed by atoms with E-state index in [2.05, 4.69) is 106 Å². The van der Waals surface area contributed by atoms with Crippen LogP contribution >= 0.6 is 20.8 Å². The molecule has 38 heavy (non-hydrogen) atoms. The Morgan fingerprint density at radius 2 is 1.13 bits per heavy atom. The Kier molecular flexibility index (Phi) is 9.14. The van der Waals surface area contributed by atoms with E-state index in [1.807, 2.05) is 0 Å². The molecule has 4 aromatic carbocycles. The molecule has 0 amide bonds. The number of rotatable bonds is 11. The zero-order valence-electron chi connectivity index (χ0n) is 21.5. The van der Waals surface area contributed by atoms with Crippen molar-refractivity contribution >= 4 is 48.6 Å². The molecule has 196 valence electrons. The second kappa shape index (κ2) is 12.5. The number of hydrogen-bond donors (Lipinski definition) is 0. The molecule has 0 fully saturated rings. The first-order valence-corrected chi connectivity index (χ1v) is 17.2. The van der Waals surface area contributed by atoms with E-state index >= 15 is 0 Å². The van der Waals surface area contributed by atoms with E-state index in [9.17, 15) is 9.59 Å². The van der Waals surface area contributed by atoms with Crippen molar-refractivity contribution in [2.75, 3.05) is 12.8 Å². The fraction of sp³-hybridized carbons (Fsp3) is 0.188. The number of ether oxygens (including phenoxy) is 2. The molecule has 6 heteroatoms. The van der Waals surface area contributed by atoms with Crippen LogP contribution in [0.15, 0.2) is 115 Å². The molecule has 0 saturated heterocycles. The van der Waals surface area contributed by atoms with Crippen LogP contribution < -0.4 is 20.7 Å². The molecular formula is C32H32BrO4P. The maximum atomic E-state index is 12.6. The van der Waals surface area contributed by atoms with E-state index in [1.54, 1.807) is 24.3 Å². The van der Waals surface area contributed by atoms with Crippen LogP contribution in [0.5, 0.6) is 5.75 Å². The van der Waals surface area contributed by atoms with Gasteiger partial charge < -0.3 is 0 Å². The first-order chi connectivity index (χ1) is 18.4. The molecule has 0 aliphatic heterocycles. The maximum absolute atomic E-state index is 12.6. The Balaban J connectivity index is 1.49. The van der Waals surface area contributed by atoms with Gasteiger partial charge in [-0.25, -0.2) is 0 Å². The topological polar surface area (TPSA) is 52.6 Å². The zero-order chi connectivity index (χ0) is 26.9. The van der Waals surface area contributed by atoms with Crippen molar-refractivity contribution in [1.82, 2.24) is 0 Å². The number of halogens is 1. The van der Waals surface area contributed by atoms with Crippen LogP contribution in [-0.2, 0) is 9.53 Å². The summed E-state index contributed by atoms with van der Waals surface area (Å²) in [4.78, 5) is 24.0. The molecule has 4 aromatic rings. The predicted octanol–water partition coefficient (Wildman–Crippen LogP) is 6.78. The molecule has 0 spiro atoms. The molecular weight excluding hydrogens is 559 g/mol. The third-order valence-corrected chi connectivity index (χ3v) is 16.7. The summed E-state index contributed by atoms with van der Waals surface area (Å²) < 4.78 is 10.7. The van der Waals surface area contributed by atoms with Crippen LogP contribution in [0.2, 0.25) is 0 Å². The van der Waals surface area contributed by atoms with Gasteiger partial charge in [0.2, 0.25) is 0 Å². The molecule has 0 atom stereocenters. The number of para-hydroxylation sites is 1. The predicted molar refractivity (Wildman–Crippen MR) is 161 cm³/mol. The van der Waals surface area contributed by atoms with Gasteiger partial charge in [-0.05, 0) is 0 Å². The SMILES string of the molecule is CC(=O)Oc1ccccc1C(=O)OCCCCCP(Br)(c1ccccc1)(c1ccccc1)c1ccccc1. The molecule has 0 heterocycles. The summed E-state index contributed by atoms with van der Waals surface area (Å²) in [5.74, 6) is -0.744. The molecule has 0 aromatic heterocycles. The van der Waals surface area contributed by atoms with E-state index < -0.39 is 17.2 Å². The first kappa shape index (κ1) is 27.8. The molecule has 0 saturated carbocycles. The van der Waals surface area contributed by atoms with Crippen molar-refractivity contribution in [3.8, 4) is 5.75 Å². The van der Waals surface area contributed by atoms with Crippen LogP contribution in [0.25, 0.3) is 0 Å². The number of unbranched alkanes of at least 4 members (excludes halogenated alkanes) is 2. The summed E-state index contributed by atoms with van der Waals surface area (Å²) in [5.41, 5.74) is 0.255. The van der Waals surface area contributed by atoms with Crippen molar-refractivity contribution in [3.63, 3.8) is 0 Å². The Hall–Kier alpha value is -3.27. The Bertz CT molecular complexity index is 1260. The van der Waals surface area contributed by atoms with Gasteiger partial charge in [0.05, 0.1) is 0 Å². The van der Waals surface area contributed by atoms with Gasteiger partial charge in [0, 0.05) is 0 Å². The van der Waals surface area contributed by atoms with Crippen molar-refractivity contribution < 1.29 is 19.1 Å².